The van der Waals surface area contributed by atoms with Gasteiger partial charge in [-0.25, -0.2) is 4.57 Å². The Morgan fingerprint density at radius 1 is 0.482 bits per heavy atom. The summed E-state index contributed by atoms with van der Waals surface area (Å²) in [5.74, 6) is 0. The molecule has 0 aliphatic heterocycles. The highest BCUT2D eigenvalue weighted by molar-refractivity contribution is 7.47. The molecule has 7 nitrogen and oxygen atoms in total. The lowest BCUT2D eigenvalue weighted by molar-refractivity contribution is -0.870. The van der Waals surface area contributed by atoms with Gasteiger partial charge in [0, 0.05) is 0 Å². The van der Waals surface area contributed by atoms with Crippen molar-refractivity contribution >= 4 is 7.82 Å². The van der Waals surface area contributed by atoms with E-state index in [2.05, 4.69) is 19.9 Å². The van der Waals surface area contributed by atoms with Gasteiger partial charge in [0.05, 0.1) is 40.3 Å². The summed E-state index contributed by atoms with van der Waals surface area (Å²) in [4.78, 5) is 10.2. The fraction of sp³-hybridized carbons (Fsp3) is 0.917. The third kappa shape index (κ3) is 45.8. The van der Waals surface area contributed by atoms with Crippen LogP contribution in [0.4, 0.5) is 0 Å². The molecule has 0 aromatic heterocycles. The number of nitrogens with zero attached hydrogens (tertiary/aromatic N) is 1. The zero-order valence-electron chi connectivity index (χ0n) is 38.1. The van der Waals surface area contributed by atoms with E-state index in [0.717, 1.165) is 19.3 Å². The lowest BCUT2D eigenvalue weighted by Gasteiger charge is -2.24. The maximum Gasteiger partial charge on any atom is 0.472 e. The number of rotatable bonds is 46. The molecular formula is C48H97NO6P+. The van der Waals surface area contributed by atoms with Crippen LogP contribution in [0.3, 0.4) is 0 Å². The largest absolute Gasteiger partial charge is 0.498 e. The van der Waals surface area contributed by atoms with Crippen LogP contribution in [0.1, 0.15) is 232 Å². The second-order valence-corrected chi connectivity index (χ2v) is 19.1. The normalized spacial score (nSPS) is 13.9. The quantitative estimate of drug-likeness (QED) is 0.0286. The van der Waals surface area contributed by atoms with Gasteiger partial charge < -0.3 is 18.9 Å². The highest BCUT2D eigenvalue weighted by Crippen LogP contribution is 2.43. The van der Waals surface area contributed by atoms with Gasteiger partial charge in [-0.05, 0) is 37.8 Å². The molecule has 0 fully saturated rings. The summed E-state index contributed by atoms with van der Waals surface area (Å²) in [5, 5.41) is 0. The monoisotopic (exact) mass is 815 g/mol. The van der Waals surface area contributed by atoms with Crippen molar-refractivity contribution in [2.24, 2.45) is 0 Å². The molecule has 0 rings (SSSR count). The van der Waals surface area contributed by atoms with Gasteiger partial charge in [-0.3, -0.25) is 9.05 Å². The molecule has 0 heterocycles. The third-order valence-corrected chi connectivity index (χ3v) is 11.7. The van der Waals surface area contributed by atoms with Crippen molar-refractivity contribution in [3.05, 3.63) is 24.7 Å². The molecule has 0 saturated heterocycles. The van der Waals surface area contributed by atoms with Gasteiger partial charge in [0.25, 0.3) is 0 Å². The van der Waals surface area contributed by atoms with Crippen LogP contribution < -0.4 is 0 Å². The minimum absolute atomic E-state index is 0.0888. The first-order chi connectivity index (χ1) is 27.2. The van der Waals surface area contributed by atoms with Crippen LogP contribution in [0.2, 0.25) is 0 Å². The van der Waals surface area contributed by atoms with Crippen molar-refractivity contribution in [1.82, 2.24) is 0 Å². The predicted octanol–water partition coefficient (Wildman–Crippen LogP) is 15.6. The van der Waals surface area contributed by atoms with Crippen molar-refractivity contribution in [3.63, 3.8) is 0 Å². The molecule has 0 spiro atoms. The number of unbranched alkanes of at least 4 members (excludes halogenated alkanes) is 32. The first kappa shape index (κ1) is 55.2. The lowest BCUT2D eigenvalue weighted by atomic mass is 10.0. The molecule has 1 N–H and O–H groups in total. The number of quaternary nitrogens is 1. The van der Waals surface area contributed by atoms with E-state index in [1.807, 2.05) is 27.2 Å². The number of phosphoric acid groups is 1. The SMILES string of the molecule is CCCCCCCCCCCCCCCCCCC=COC[C@H](COP(=O)(O)OCC[N+](C)(C)C)OC=CCCCCCCCCCCCCCCCCCC. The smallest absolute Gasteiger partial charge is 0.472 e. The maximum atomic E-state index is 12.5. The van der Waals surface area contributed by atoms with Crippen molar-refractivity contribution in [2.45, 2.75) is 238 Å². The minimum atomic E-state index is -4.18. The van der Waals surface area contributed by atoms with Crippen LogP contribution in [-0.2, 0) is 23.1 Å². The first-order valence-electron chi connectivity index (χ1n) is 24.2. The Hall–Kier alpha value is -0.850. The maximum absolute atomic E-state index is 12.5. The molecule has 334 valence electrons. The first-order valence-corrected chi connectivity index (χ1v) is 25.7. The van der Waals surface area contributed by atoms with E-state index in [1.165, 1.54) is 199 Å². The average Bonchev–Trinajstić information content (AvgIpc) is 3.16. The molecule has 2 atom stereocenters. The summed E-state index contributed by atoms with van der Waals surface area (Å²) in [6, 6.07) is 0. The number of hydrogen-bond acceptors (Lipinski definition) is 5. The zero-order valence-corrected chi connectivity index (χ0v) is 39.0. The number of allylic oxidation sites excluding steroid dienone is 2. The fourth-order valence-electron chi connectivity index (χ4n) is 6.93. The Morgan fingerprint density at radius 3 is 1.18 bits per heavy atom. The Kier molecular flexibility index (Phi) is 41.6. The molecule has 0 amide bonds. The van der Waals surface area contributed by atoms with Gasteiger partial charge in [0.2, 0.25) is 0 Å². The predicted molar refractivity (Wildman–Crippen MR) is 242 cm³/mol. The fourth-order valence-corrected chi connectivity index (χ4v) is 7.67. The molecule has 0 bridgehead atoms. The summed E-state index contributed by atoms with van der Waals surface area (Å²) in [7, 11) is 1.84. The van der Waals surface area contributed by atoms with E-state index in [1.54, 1.807) is 12.5 Å². The molecule has 56 heavy (non-hydrogen) atoms. The molecule has 0 aliphatic carbocycles. The molecular weight excluding hydrogens is 718 g/mol. The Balaban J connectivity index is 4.13. The van der Waals surface area contributed by atoms with Gasteiger partial charge in [-0.2, -0.15) is 0 Å². The molecule has 0 aliphatic rings. The lowest BCUT2D eigenvalue weighted by Crippen LogP contribution is -2.37. The van der Waals surface area contributed by atoms with Crippen molar-refractivity contribution in [3.8, 4) is 0 Å². The highest BCUT2D eigenvalue weighted by Gasteiger charge is 2.25. The summed E-state index contributed by atoms with van der Waals surface area (Å²) in [5.41, 5.74) is 0. The van der Waals surface area contributed by atoms with E-state index >= 15 is 0 Å². The summed E-state index contributed by atoms with van der Waals surface area (Å²) in [6.45, 7) is 5.46. The van der Waals surface area contributed by atoms with E-state index < -0.39 is 13.9 Å². The second-order valence-electron chi connectivity index (χ2n) is 17.6. The standard InChI is InChI=1S/C48H96NO6P/c1-6-8-10-12-14-16-18-20-22-24-26-28-30-32-34-36-38-40-43-52-46-48(47-55-56(50,51)54-45-42-49(3,4)5)53-44-41-39-37-35-33-31-29-27-25-23-21-19-17-15-13-11-9-7-2/h40-41,43-44,48H,6-39,42,45-47H2,1-5H3/p+1/t48-/m1/s1. The van der Waals surface area contributed by atoms with E-state index in [-0.39, 0.29) is 19.8 Å². The summed E-state index contributed by atoms with van der Waals surface area (Å²) < 4.78 is 35.3. The van der Waals surface area contributed by atoms with Crippen LogP contribution >= 0.6 is 7.82 Å². The van der Waals surface area contributed by atoms with Crippen LogP contribution in [0.15, 0.2) is 24.7 Å². The van der Waals surface area contributed by atoms with Gasteiger partial charge in [-0.15, -0.1) is 0 Å². The van der Waals surface area contributed by atoms with Crippen LogP contribution in [0.5, 0.6) is 0 Å². The summed E-state index contributed by atoms with van der Waals surface area (Å²) >= 11 is 0. The van der Waals surface area contributed by atoms with Crippen molar-refractivity contribution in [2.75, 3.05) is 47.5 Å². The van der Waals surface area contributed by atoms with Crippen LogP contribution in [-0.4, -0.2) is 63.0 Å². The molecule has 0 radical (unpaired) electrons. The number of phosphoric ester groups is 1. The summed E-state index contributed by atoms with van der Waals surface area (Å²) in [6.07, 6.45) is 52.8. The number of hydrogen-bond donors (Lipinski definition) is 1. The van der Waals surface area contributed by atoms with Crippen LogP contribution in [0.25, 0.3) is 0 Å². The Morgan fingerprint density at radius 2 is 0.821 bits per heavy atom. The number of likely N-dealkylation sites (N-methyl/N-ethyl adjacent to an activating group) is 1. The molecule has 0 aromatic rings. The average molecular weight is 815 g/mol. The van der Waals surface area contributed by atoms with Crippen molar-refractivity contribution in [1.29, 1.82) is 0 Å². The molecule has 1 unspecified atom stereocenters. The van der Waals surface area contributed by atoms with Gasteiger partial charge >= 0.3 is 7.82 Å². The van der Waals surface area contributed by atoms with Gasteiger partial charge in [0.15, 0.2) is 6.10 Å². The van der Waals surface area contributed by atoms with E-state index in [0.29, 0.717) is 11.0 Å². The second kappa shape index (κ2) is 42.3. The zero-order chi connectivity index (χ0) is 41.1. The molecule has 0 aromatic carbocycles. The van der Waals surface area contributed by atoms with Crippen molar-refractivity contribution < 1.29 is 32.5 Å². The minimum Gasteiger partial charge on any atom is -0.498 e. The molecule has 0 saturated carbocycles. The highest BCUT2D eigenvalue weighted by atomic mass is 31.2. The number of ether oxygens (including phenoxy) is 2. The van der Waals surface area contributed by atoms with E-state index in [4.69, 9.17) is 18.5 Å². The van der Waals surface area contributed by atoms with Gasteiger partial charge in [0.1, 0.15) is 19.8 Å². The Labute approximate surface area is 349 Å². The molecule has 8 heteroatoms. The Bertz CT molecular complexity index is 891. The van der Waals surface area contributed by atoms with Crippen LogP contribution in [0, 0.1) is 0 Å². The third-order valence-electron chi connectivity index (χ3n) is 10.7. The van der Waals surface area contributed by atoms with Gasteiger partial charge in [-0.1, -0.05) is 206 Å². The topological polar surface area (TPSA) is 74.2 Å². The van der Waals surface area contributed by atoms with E-state index in [9.17, 15) is 9.46 Å².